The lowest BCUT2D eigenvalue weighted by molar-refractivity contribution is -0.424. The average Bonchev–Trinajstić information content (AvgIpc) is 2.51. The van der Waals surface area contributed by atoms with Gasteiger partial charge in [0, 0.05) is 13.3 Å². The van der Waals surface area contributed by atoms with Crippen molar-refractivity contribution in [2.75, 3.05) is 0 Å². The normalized spacial score (nSPS) is 11.6. The van der Waals surface area contributed by atoms with E-state index in [-0.39, 0.29) is 5.70 Å². The van der Waals surface area contributed by atoms with Crippen molar-refractivity contribution >= 4 is 0 Å². The molecule has 1 aromatic heterocycles. The first-order valence-electron chi connectivity index (χ1n) is 3.53. The Kier molecular flexibility index (Phi) is 2.63. The van der Waals surface area contributed by atoms with Crippen LogP contribution in [0.1, 0.15) is 12.7 Å². The monoisotopic (exact) mass is 167 g/mol. The van der Waals surface area contributed by atoms with E-state index in [1.807, 2.05) is 0 Å². The quantitative estimate of drug-likeness (QED) is 0.511. The lowest BCUT2D eigenvalue weighted by Gasteiger charge is -1.89. The molecule has 0 saturated heterocycles. The van der Waals surface area contributed by atoms with Crippen LogP contribution in [-0.2, 0) is 6.42 Å². The van der Waals surface area contributed by atoms with E-state index in [1.54, 1.807) is 18.4 Å². The van der Waals surface area contributed by atoms with Gasteiger partial charge in [-0.05, 0) is 18.2 Å². The second kappa shape index (κ2) is 3.71. The fourth-order valence-corrected chi connectivity index (χ4v) is 0.752. The van der Waals surface area contributed by atoms with Gasteiger partial charge in [0.15, 0.2) is 0 Å². The molecule has 0 N–H and O–H groups in total. The molecule has 12 heavy (non-hydrogen) atoms. The Hall–Kier alpha value is -1.58. The molecular formula is C8H9NO3. The van der Waals surface area contributed by atoms with Crippen molar-refractivity contribution in [1.82, 2.24) is 0 Å². The van der Waals surface area contributed by atoms with Crippen molar-refractivity contribution < 1.29 is 9.34 Å². The number of nitro groups is 1. The highest BCUT2D eigenvalue weighted by Gasteiger charge is 2.01. The van der Waals surface area contributed by atoms with Crippen LogP contribution >= 0.6 is 0 Å². The number of nitrogens with zero attached hydrogens (tertiary/aromatic N) is 1. The molecular weight excluding hydrogens is 158 g/mol. The fraction of sp³-hybridized carbons (Fsp3) is 0.250. The van der Waals surface area contributed by atoms with Crippen LogP contribution in [0.4, 0.5) is 0 Å². The molecule has 4 heteroatoms. The highest BCUT2D eigenvalue weighted by molar-refractivity contribution is 5.04. The molecule has 0 bridgehead atoms. The second-order valence-corrected chi connectivity index (χ2v) is 2.39. The van der Waals surface area contributed by atoms with E-state index in [0.29, 0.717) is 6.42 Å². The van der Waals surface area contributed by atoms with Crippen LogP contribution in [0.25, 0.3) is 0 Å². The minimum Gasteiger partial charge on any atom is -0.469 e. The Bertz CT molecular complexity index is 287. The third-order valence-electron chi connectivity index (χ3n) is 1.47. The van der Waals surface area contributed by atoms with Crippen molar-refractivity contribution in [1.29, 1.82) is 0 Å². The molecule has 0 fully saturated rings. The standard InChI is InChI=1S/C8H9NO3/c1-7(9(10)11)4-5-8-3-2-6-12-8/h2-4,6H,5H2,1H3/b7-4+. The first-order valence-corrected chi connectivity index (χ1v) is 3.53. The molecule has 0 aromatic carbocycles. The third kappa shape index (κ3) is 2.23. The van der Waals surface area contributed by atoms with Gasteiger partial charge in [0.1, 0.15) is 5.76 Å². The van der Waals surface area contributed by atoms with Gasteiger partial charge in [0.25, 0.3) is 0 Å². The summed E-state index contributed by atoms with van der Waals surface area (Å²) in [5.74, 6) is 0.733. The zero-order valence-corrected chi connectivity index (χ0v) is 6.69. The van der Waals surface area contributed by atoms with Crippen molar-refractivity contribution in [2.45, 2.75) is 13.3 Å². The van der Waals surface area contributed by atoms with Gasteiger partial charge in [-0.25, -0.2) is 0 Å². The Labute approximate surface area is 69.6 Å². The van der Waals surface area contributed by atoms with Crippen molar-refractivity contribution in [3.05, 3.63) is 46.0 Å². The van der Waals surface area contributed by atoms with E-state index in [0.717, 1.165) is 5.76 Å². The summed E-state index contributed by atoms with van der Waals surface area (Å²) in [4.78, 5) is 9.75. The maximum absolute atomic E-state index is 10.2. The zero-order valence-electron chi connectivity index (χ0n) is 6.69. The molecule has 0 radical (unpaired) electrons. The molecule has 64 valence electrons. The topological polar surface area (TPSA) is 56.3 Å². The lowest BCUT2D eigenvalue weighted by atomic mass is 10.3. The Morgan fingerprint density at radius 2 is 2.58 bits per heavy atom. The van der Waals surface area contributed by atoms with Crippen molar-refractivity contribution in [3.8, 4) is 0 Å². The summed E-state index contributed by atoms with van der Waals surface area (Å²) in [5, 5.41) is 10.2. The summed E-state index contributed by atoms with van der Waals surface area (Å²) in [6.07, 6.45) is 3.54. The maximum atomic E-state index is 10.2. The fourth-order valence-electron chi connectivity index (χ4n) is 0.752. The molecule has 0 amide bonds. The Balaban J connectivity index is 2.55. The van der Waals surface area contributed by atoms with E-state index in [9.17, 15) is 10.1 Å². The first-order chi connectivity index (χ1) is 5.70. The molecule has 0 spiro atoms. The minimum absolute atomic E-state index is 0.145. The summed E-state index contributed by atoms with van der Waals surface area (Å²) in [6.45, 7) is 1.46. The smallest absolute Gasteiger partial charge is 0.239 e. The lowest BCUT2D eigenvalue weighted by Crippen LogP contribution is -1.93. The van der Waals surface area contributed by atoms with E-state index in [2.05, 4.69) is 0 Å². The summed E-state index contributed by atoms with van der Waals surface area (Å²) < 4.78 is 5.00. The van der Waals surface area contributed by atoms with Gasteiger partial charge in [0.05, 0.1) is 11.2 Å². The first kappa shape index (κ1) is 8.52. The van der Waals surface area contributed by atoms with Crippen molar-refractivity contribution in [3.63, 3.8) is 0 Å². The van der Waals surface area contributed by atoms with Gasteiger partial charge in [-0.15, -0.1) is 0 Å². The van der Waals surface area contributed by atoms with Gasteiger partial charge in [-0.3, -0.25) is 10.1 Å². The molecule has 1 heterocycles. The molecule has 1 aromatic rings. The predicted molar refractivity (Wildman–Crippen MR) is 43.2 cm³/mol. The van der Waals surface area contributed by atoms with Crippen LogP contribution in [0.2, 0.25) is 0 Å². The van der Waals surface area contributed by atoms with Gasteiger partial charge in [-0.2, -0.15) is 0 Å². The van der Waals surface area contributed by atoms with Gasteiger partial charge < -0.3 is 4.42 Å². The van der Waals surface area contributed by atoms with Gasteiger partial charge in [-0.1, -0.05) is 0 Å². The number of rotatable bonds is 3. The third-order valence-corrected chi connectivity index (χ3v) is 1.47. The summed E-state index contributed by atoms with van der Waals surface area (Å²) in [5.41, 5.74) is 0.145. The number of hydrogen-bond donors (Lipinski definition) is 0. The molecule has 0 aliphatic carbocycles. The highest BCUT2D eigenvalue weighted by atomic mass is 16.6. The van der Waals surface area contributed by atoms with Crippen LogP contribution in [-0.4, -0.2) is 4.92 Å². The minimum atomic E-state index is -0.414. The van der Waals surface area contributed by atoms with E-state index in [4.69, 9.17) is 4.42 Å². The van der Waals surface area contributed by atoms with E-state index >= 15 is 0 Å². The van der Waals surface area contributed by atoms with Gasteiger partial charge in [0.2, 0.25) is 5.70 Å². The predicted octanol–water partition coefficient (Wildman–Crippen LogP) is 2.00. The Morgan fingerprint density at radius 3 is 3.08 bits per heavy atom. The van der Waals surface area contributed by atoms with Crippen LogP contribution in [0.3, 0.4) is 0 Å². The van der Waals surface area contributed by atoms with E-state index in [1.165, 1.54) is 13.0 Å². The molecule has 4 nitrogen and oxygen atoms in total. The van der Waals surface area contributed by atoms with E-state index < -0.39 is 4.92 Å². The number of furan rings is 1. The van der Waals surface area contributed by atoms with Gasteiger partial charge >= 0.3 is 0 Å². The Morgan fingerprint density at radius 1 is 1.83 bits per heavy atom. The maximum Gasteiger partial charge on any atom is 0.239 e. The summed E-state index contributed by atoms with van der Waals surface area (Å²) in [7, 11) is 0. The summed E-state index contributed by atoms with van der Waals surface area (Å²) in [6, 6.07) is 3.54. The molecule has 0 atom stereocenters. The van der Waals surface area contributed by atoms with Crippen LogP contribution in [0.15, 0.2) is 34.6 Å². The van der Waals surface area contributed by atoms with Crippen molar-refractivity contribution in [2.24, 2.45) is 0 Å². The number of allylic oxidation sites excluding steroid dienone is 2. The van der Waals surface area contributed by atoms with Crippen LogP contribution in [0.5, 0.6) is 0 Å². The number of hydrogen-bond acceptors (Lipinski definition) is 3. The summed E-state index contributed by atoms with van der Waals surface area (Å²) >= 11 is 0. The van der Waals surface area contributed by atoms with Crippen LogP contribution in [0, 0.1) is 10.1 Å². The molecule has 0 aliphatic rings. The molecule has 1 rings (SSSR count). The SMILES string of the molecule is C/C(=C\Cc1ccco1)[N+](=O)[O-]. The molecule has 0 unspecified atom stereocenters. The highest BCUT2D eigenvalue weighted by Crippen LogP contribution is 2.03. The zero-order chi connectivity index (χ0) is 8.97. The second-order valence-electron chi connectivity index (χ2n) is 2.39. The average molecular weight is 167 g/mol. The van der Waals surface area contributed by atoms with Crippen LogP contribution < -0.4 is 0 Å². The largest absolute Gasteiger partial charge is 0.469 e. The molecule has 0 aliphatic heterocycles. The molecule has 0 saturated carbocycles.